The Morgan fingerprint density at radius 3 is 2.25 bits per heavy atom. The SMILES string of the molecule is Cc1cc(NC(=O)COC(=O)c2ccc(N3C(=O)[C@@H]4CC=CC[C@H]4C3=O)cc2)ccc1Br. The second kappa shape index (κ2) is 9.08. The highest BCUT2D eigenvalue weighted by atomic mass is 79.9. The molecule has 0 unspecified atom stereocenters. The summed E-state index contributed by atoms with van der Waals surface area (Å²) in [6.07, 6.45) is 5.00. The highest BCUT2D eigenvalue weighted by Gasteiger charge is 2.47. The van der Waals surface area contributed by atoms with E-state index in [1.807, 2.05) is 25.1 Å². The second-order valence-corrected chi connectivity index (χ2v) is 8.66. The van der Waals surface area contributed by atoms with Crippen LogP contribution < -0.4 is 10.2 Å². The lowest BCUT2D eigenvalue weighted by Crippen LogP contribution is -2.30. The molecule has 0 saturated carbocycles. The number of nitrogens with zero attached hydrogens (tertiary/aromatic N) is 1. The Labute approximate surface area is 193 Å². The zero-order valence-corrected chi connectivity index (χ0v) is 18.9. The van der Waals surface area contributed by atoms with Gasteiger partial charge in [0.15, 0.2) is 6.61 Å². The minimum absolute atomic E-state index is 0.209. The number of benzene rings is 2. The van der Waals surface area contributed by atoms with Crippen LogP contribution in [0.4, 0.5) is 11.4 Å². The Morgan fingerprint density at radius 1 is 1.03 bits per heavy atom. The number of nitrogens with one attached hydrogen (secondary N) is 1. The molecule has 0 radical (unpaired) electrons. The molecule has 7 nitrogen and oxygen atoms in total. The first-order chi connectivity index (χ1) is 15.3. The van der Waals surface area contributed by atoms with Crippen LogP contribution in [0.1, 0.15) is 28.8 Å². The summed E-state index contributed by atoms with van der Waals surface area (Å²) in [5, 5.41) is 2.67. The molecule has 1 heterocycles. The van der Waals surface area contributed by atoms with E-state index in [0.717, 1.165) is 10.0 Å². The fourth-order valence-corrected chi connectivity index (χ4v) is 4.18. The highest BCUT2D eigenvalue weighted by molar-refractivity contribution is 9.10. The van der Waals surface area contributed by atoms with E-state index in [1.54, 1.807) is 24.3 Å². The molecule has 1 N–H and O–H groups in total. The van der Waals surface area contributed by atoms with Crippen molar-refractivity contribution in [3.63, 3.8) is 0 Å². The van der Waals surface area contributed by atoms with Gasteiger partial charge in [-0.1, -0.05) is 28.1 Å². The third-order valence-corrected chi connectivity index (χ3v) is 6.53. The standard InChI is InChI=1S/C24H21BrN2O5/c1-14-12-16(8-11-20(14)25)26-21(28)13-32-24(31)15-6-9-17(10-7-15)27-22(29)18-4-2-3-5-19(18)23(27)30/h2-3,6-12,18-19H,4-5,13H2,1H3,(H,26,28)/t18-,19-/m1/s1. The zero-order chi connectivity index (χ0) is 22.8. The van der Waals surface area contributed by atoms with E-state index in [-0.39, 0.29) is 29.2 Å². The van der Waals surface area contributed by atoms with Crippen LogP contribution in [0.5, 0.6) is 0 Å². The van der Waals surface area contributed by atoms with E-state index in [4.69, 9.17) is 4.74 Å². The maximum absolute atomic E-state index is 12.7. The fraction of sp³-hybridized carbons (Fsp3) is 0.250. The van der Waals surface area contributed by atoms with Gasteiger partial charge in [0.2, 0.25) is 11.8 Å². The van der Waals surface area contributed by atoms with Crippen LogP contribution in [-0.2, 0) is 19.1 Å². The quantitative estimate of drug-likeness (QED) is 0.383. The van der Waals surface area contributed by atoms with Crippen molar-refractivity contribution in [2.45, 2.75) is 19.8 Å². The van der Waals surface area contributed by atoms with Crippen LogP contribution in [0.25, 0.3) is 0 Å². The molecule has 2 aromatic rings. The molecule has 0 aromatic heterocycles. The molecule has 2 aromatic carbocycles. The molecule has 1 aliphatic heterocycles. The van der Waals surface area contributed by atoms with Gasteiger partial charge in [0.1, 0.15) is 0 Å². The summed E-state index contributed by atoms with van der Waals surface area (Å²) in [7, 11) is 0. The van der Waals surface area contributed by atoms with E-state index in [1.165, 1.54) is 17.0 Å². The van der Waals surface area contributed by atoms with Gasteiger partial charge in [-0.2, -0.15) is 0 Å². The molecule has 32 heavy (non-hydrogen) atoms. The van der Waals surface area contributed by atoms with Crippen LogP contribution in [-0.4, -0.2) is 30.3 Å². The number of fused-ring (bicyclic) bond motifs is 1. The first-order valence-corrected chi connectivity index (χ1v) is 11.0. The van der Waals surface area contributed by atoms with Crippen molar-refractivity contribution in [2.75, 3.05) is 16.8 Å². The maximum atomic E-state index is 12.7. The van der Waals surface area contributed by atoms with Gasteiger partial charge < -0.3 is 10.1 Å². The number of allylic oxidation sites excluding steroid dienone is 2. The normalized spacial score (nSPS) is 19.6. The molecular formula is C24H21BrN2O5. The first-order valence-electron chi connectivity index (χ1n) is 10.2. The maximum Gasteiger partial charge on any atom is 0.338 e. The minimum atomic E-state index is -0.671. The Kier molecular flexibility index (Phi) is 6.23. The predicted octanol–water partition coefficient (Wildman–Crippen LogP) is 4.01. The molecule has 1 saturated heterocycles. The number of ether oxygens (including phenoxy) is 1. The number of aryl methyl sites for hydroxylation is 1. The molecule has 4 rings (SSSR count). The van der Waals surface area contributed by atoms with Crippen molar-refractivity contribution in [2.24, 2.45) is 11.8 Å². The number of amides is 3. The molecule has 3 amide bonds. The number of carbonyl (C=O) groups is 4. The third kappa shape index (κ3) is 4.36. The third-order valence-electron chi connectivity index (χ3n) is 5.64. The van der Waals surface area contributed by atoms with E-state index in [2.05, 4.69) is 21.2 Å². The number of rotatable bonds is 5. The van der Waals surface area contributed by atoms with E-state index in [9.17, 15) is 19.2 Å². The predicted molar refractivity (Wildman–Crippen MR) is 122 cm³/mol. The molecule has 164 valence electrons. The lowest BCUT2D eigenvalue weighted by molar-refractivity contribution is -0.122. The van der Waals surface area contributed by atoms with E-state index >= 15 is 0 Å². The summed E-state index contributed by atoms with van der Waals surface area (Å²) in [5.41, 5.74) is 2.21. The summed E-state index contributed by atoms with van der Waals surface area (Å²) < 4.78 is 6.01. The number of imide groups is 1. The van der Waals surface area contributed by atoms with Gasteiger partial charge in [0, 0.05) is 10.2 Å². The first kappa shape index (κ1) is 22.0. The molecule has 2 aliphatic rings. The van der Waals surface area contributed by atoms with Crippen molar-refractivity contribution in [3.8, 4) is 0 Å². The van der Waals surface area contributed by atoms with Crippen molar-refractivity contribution in [3.05, 3.63) is 70.2 Å². The van der Waals surface area contributed by atoms with Crippen molar-refractivity contribution in [1.29, 1.82) is 0 Å². The van der Waals surface area contributed by atoms with Crippen molar-refractivity contribution in [1.82, 2.24) is 0 Å². The molecule has 2 atom stereocenters. The molecular weight excluding hydrogens is 476 g/mol. The molecule has 8 heteroatoms. The summed E-state index contributed by atoms with van der Waals surface area (Å²) >= 11 is 3.39. The Balaban J connectivity index is 1.35. The smallest absolute Gasteiger partial charge is 0.338 e. The average Bonchev–Trinajstić information content (AvgIpc) is 3.05. The number of hydrogen-bond acceptors (Lipinski definition) is 5. The topological polar surface area (TPSA) is 92.8 Å². The van der Waals surface area contributed by atoms with Gasteiger partial charge in [0.05, 0.1) is 23.1 Å². The van der Waals surface area contributed by atoms with Gasteiger partial charge >= 0.3 is 5.97 Å². The van der Waals surface area contributed by atoms with Crippen molar-refractivity contribution >= 4 is 51.0 Å². The van der Waals surface area contributed by atoms with Gasteiger partial charge in [-0.05, 0) is 67.8 Å². The van der Waals surface area contributed by atoms with Gasteiger partial charge in [-0.15, -0.1) is 0 Å². The monoisotopic (exact) mass is 496 g/mol. The van der Waals surface area contributed by atoms with Gasteiger partial charge in [-0.3, -0.25) is 19.3 Å². The fourth-order valence-electron chi connectivity index (χ4n) is 3.94. The van der Waals surface area contributed by atoms with E-state index < -0.39 is 18.5 Å². The number of carbonyl (C=O) groups excluding carboxylic acids is 4. The average molecular weight is 497 g/mol. The number of anilines is 2. The summed E-state index contributed by atoms with van der Waals surface area (Å²) in [6, 6.07) is 11.4. The molecule has 0 spiro atoms. The van der Waals surface area contributed by atoms with Gasteiger partial charge in [-0.25, -0.2) is 4.79 Å². The van der Waals surface area contributed by atoms with Crippen LogP contribution in [0.3, 0.4) is 0 Å². The highest BCUT2D eigenvalue weighted by Crippen LogP contribution is 2.37. The van der Waals surface area contributed by atoms with Gasteiger partial charge in [0.25, 0.3) is 5.91 Å². The summed E-state index contributed by atoms with van der Waals surface area (Å²) in [5.74, 6) is -2.17. The largest absolute Gasteiger partial charge is 0.452 e. The Hall–Kier alpha value is -3.26. The number of hydrogen-bond donors (Lipinski definition) is 1. The summed E-state index contributed by atoms with van der Waals surface area (Å²) in [4.78, 5) is 50.9. The number of esters is 1. The van der Waals surface area contributed by atoms with Crippen LogP contribution in [0.15, 0.2) is 59.1 Å². The molecule has 1 fully saturated rings. The van der Waals surface area contributed by atoms with Crippen molar-refractivity contribution < 1.29 is 23.9 Å². The van der Waals surface area contributed by atoms with E-state index in [0.29, 0.717) is 24.2 Å². The van der Waals surface area contributed by atoms with Crippen LogP contribution >= 0.6 is 15.9 Å². The zero-order valence-electron chi connectivity index (χ0n) is 17.3. The molecule has 0 bridgehead atoms. The Morgan fingerprint density at radius 2 is 1.66 bits per heavy atom. The Bertz CT molecular complexity index is 1100. The van der Waals surface area contributed by atoms with Crippen LogP contribution in [0.2, 0.25) is 0 Å². The van der Waals surface area contributed by atoms with Crippen LogP contribution in [0, 0.1) is 18.8 Å². The summed E-state index contributed by atoms with van der Waals surface area (Å²) in [6.45, 7) is 1.46. The lowest BCUT2D eigenvalue weighted by Gasteiger charge is -2.15. The second-order valence-electron chi connectivity index (χ2n) is 7.80. The minimum Gasteiger partial charge on any atom is -0.452 e. The lowest BCUT2D eigenvalue weighted by atomic mass is 9.85. The number of halogens is 1. The molecule has 1 aliphatic carbocycles.